The fraction of sp³-hybridized carbons (Fsp3) is 0.520. The molecule has 190 valence electrons. The van der Waals surface area contributed by atoms with Gasteiger partial charge in [-0.1, -0.05) is 30.3 Å². The molecule has 2 aromatic rings. The van der Waals surface area contributed by atoms with Crippen molar-refractivity contribution in [1.29, 1.82) is 0 Å². The van der Waals surface area contributed by atoms with E-state index >= 15 is 0 Å². The third-order valence-electron chi connectivity index (χ3n) is 7.44. The minimum absolute atomic E-state index is 0.121. The first-order chi connectivity index (χ1) is 16.5. The molecule has 0 aliphatic carbocycles. The lowest BCUT2D eigenvalue weighted by molar-refractivity contribution is -0.274. The molecule has 35 heavy (non-hydrogen) atoms. The second-order valence-corrected chi connectivity index (χ2v) is 9.55. The number of rotatable bonds is 5. The van der Waals surface area contributed by atoms with Crippen molar-refractivity contribution in [1.82, 2.24) is 5.32 Å². The van der Waals surface area contributed by atoms with Crippen LogP contribution < -0.4 is 14.8 Å². The van der Waals surface area contributed by atoms with Gasteiger partial charge in [0, 0.05) is 17.5 Å². The van der Waals surface area contributed by atoms with E-state index in [0.717, 1.165) is 49.4 Å². The van der Waals surface area contributed by atoms with Crippen molar-refractivity contribution in [2.75, 3.05) is 13.2 Å². The van der Waals surface area contributed by atoms with Crippen LogP contribution in [0.4, 0.5) is 26.3 Å². The van der Waals surface area contributed by atoms with Gasteiger partial charge in [-0.25, -0.2) is 0 Å². The largest absolute Gasteiger partial charge is 0.573 e. The van der Waals surface area contributed by atoms with Crippen LogP contribution in [0.25, 0.3) is 0 Å². The van der Waals surface area contributed by atoms with Gasteiger partial charge in [-0.2, -0.15) is 13.2 Å². The van der Waals surface area contributed by atoms with Crippen LogP contribution in [0.5, 0.6) is 11.5 Å². The van der Waals surface area contributed by atoms with Crippen LogP contribution in [-0.4, -0.2) is 37.4 Å². The maximum atomic E-state index is 12.8. The fourth-order valence-electron chi connectivity index (χ4n) is 6.07. The Hall–Kier alpha value is -2.46. The molecule has 3 heterocycles. The molecule has 0 aromatic heterocycles. The van der Waals surface area contributed by atoms with Crippen LogP contribution in [0.2, 0.25) is 0 Å². The Morgan fingerprint density at radius 3 is 2.43 bits per heavy atom. The van der Waals surface area contributed by atoms with Crippen LogP contribution in [0, 0.1) is 0 Å². The summed E-state index contributed by atoms with van der Waals surface area (Å²) < 4.78 is 92.6. The van der Waals surface area contributed by atoms with E-state index in [-0.39, 0.29) is 17.9 Å². The molecule has 4 nitrogen and oxygen atoms in total. The zero-order chi connectivity index (χ0) is 24.9. The standard InChI is InChI=1S/C25H25F6NO3/c26-24(27,28)15-33-21-7-6-19(35-25(29,30)31)12-20(21)16-13-22(34-14-16)10-8-18-9-11-23(22,32-18)17-4-2-1-3-5-17/h1-7,12,16,18,32H,8-11,13-15H2/t16-,18+,22-,23-/m1/s1. The minimum Gasteiger partial charge on any atom is -0.484 e. The fourth-order valence-corrected chi connectivity index (χ4v) is 6.07. The molecule has 3 aliphatic rings. The van der Waals surface area contributed by atoms with Crippen LogP contribution in [-0.2, 0) is 10.3 Å². The first-order valence-electron chi connectivity index (χ1n) is 11.6. The summed E-state index contributed by atoms with van der Waals surface area (Å²) >= 11 is 0. The topological polar surface area (TPSA) is 39.7 Å². The molecular weight excluding hydrogens is 476 g/mol. The number of halogens is 6. The zero-order valence-electron chi connectivity index (χ0n) is 18.7. The molecule has 4 atom stereocenters. The summed E-state index contributed by atoms with van der Waals surface area (Å²) in [6.07, 6.45) is -5.65. The number of nitrogens with one attached hydrogen (secondary N) is 1. The summed E-state index contributed by atoms with van der Waals surface area (Å²) in [7, 11) is 0. The molecule has 3 aliphatic heterocycles. The highest BCUT2D eigenvalue weighted by Gasteiger charge is 2.62. The molecule has 5 rings (SSSR count). The number of hydrogen-bond acceptors (Lipinski definition) is 4. The molecule has 3 saturated heterocycles. The summed E-state index contributed by atoms with van der Waals surface area (Å²) in [5.74, 6) is -1.09. The first-order valence-corrected chi connectivity index (χ1v) is 11.6. The normalized spacial score (nSPS) is 30.6. The number of ether oxygens (including phenoxy) is 3. The van der Waals surface area contributed by atoms with Crippen LogP contribution in [0.3, 0.4) is 0 Å². The lowest BCUT2D eigenvalue weighted by Crippen LogP contribution is -2.61. The average molecular weight is 501 g/mol. The van der Waals surface area contributed by atoms with Crippen LogP contribution in [0.1, 0.15) is 49.1 Å². The van der Waals surface area contributed by atoms with Gasteiger partial charge in [0.05, 0.1) is 17.7 Å². The third-order valence-corrected chi connectivity index (χ3v) is 7.44. The smallest absolute Gasteiger partial charge is 0.484 e. The number of piperidine rings is 1. The van der Waals surface area contributed by atoms with Crippen LogP contribution in [0.15, 0.2) is 48.5 Å². The average Bonchev–Trinajstić information content (AvgIpc) is 3.38. The number of benzene rings is 2. The van der Waals surface area contributed by atoms with Gasteiger partial charge in [0.15, 0.2) is 6.61 Å². The maximum Gasteiger partial charge on any atom is 0.573 e. The maximum absolute atomic E-state index is 12.8. The number of alkyl halides is 6. The molecule has 2 aromatic carbocycles. The van der Waals surface area contributed by atoms with E-state index in [2.05, 4.69) is 10.1 Å². The van der Waals surface area contributed by atoms with Crippen LogP contribution >= 0.6 is 0 Å². The second kappa shape index (κ2) is 8.58. The summed E-state index contributed by atoms with van der Waals surface area (Å²) in [5.41, 5.74) is 0.175. The SMILES string of the molecule is FC(F)(F)COc1ccc(OC(F)(F)F)cc1[C@H]1CO[C@]2(CC[C@H]3CC[C@]2(c2ccccc2)N3)C1. The van der Waals surface area contributed by atoms with Crippen molar-refractivity contribution in [2.24, 2.45) is 0 Å². The molecule has 3 fully saturated rings. The van der Waals surface area contributed by atoms with E-state index in [4.69, 9.17) is 9.47 Å². The van der Waals surface area contributed by atoms with Gasteiger partial charge in [-0.3, -0.25) is 0 Å². The predicted molar refractivity (Wildman–Crippen MR) is 114 cm³/mol. The lowest BCUT2D eigenvalue weighted by atomic mass is 9.67. The molecule has 10 heteroatoms. The second-order valence-electron chi connectivity index (χ2n) is 9.55. The summed E-state index contributed by atoms with van der Waals surface area (Å²) in [6.45, 7) is -1.39. The van der Waals surface area contributed by atoms with Crippen molar-refractivity contribution in [3.63, 3.8) is 0 Å². The minimum atomic E-state index is -4.93. The lowest BCUT2D eigenvalue weighted by Gasteiger charge is -2.50. The number of fused-ring (bicyclic) bond motifs is 3. The van der Waals surface area contributed by atoms with Gasteiger partial charge in [-0.15, -0.1) is 13.2 Å². The van der Waals surface area contributed by atoms with E-state index in [1.807, 2.05) is 30.3 Å². The summed E-state index contributed by atoms with van der Waals surface area (Å²) in [6, 6.07) is 13.4. The Kier molecular flexibility index (Phi) is 5.95. The molecule has 1 spiro atoms. The molecule has 0 saturated carbocycles. The van der Waals surface area contributed by atoms with Crippen molar-refractivity contribution in [3.8, 4) is 11.5 Å². The molecule has 0 unspecified atom stereocenters. The van der Waals surface area contributed by atoms with Crippen molar-refractivity contribution in [2.45, 2.75) is 67.7 Å². The molecular formula is C25H25F6NO3. The Balaban J connectivity index is 1.49. The summed E-state index contributed by atoms with van der Waals surface area (Å²) in [4.78, 5) is 0. The Labute approximate surface area is 198 Å². The summed E-state index contributed by atoms with van der Waals surface area (Å²) in [5, 5.41) is 3.75. The third kappa shape index (κ3) is 4.70. The van der Waals surface area contributed by atoms with E-state index in [0.29, 0.717) is 12.5 Å². The van der Waals surface area contributed by atoms with Crippen molar-refractivity contribution < 1.29 is 40.6 Å². The van der Waals surface area contributed by atoms with E-state index in [1.54, 1.807) is 0 Å². The zero-order valence-corrected chi connectivity index (χ0v) is 18.7. The highest BCUT2D eigenvalue weighted by molar-refractivity contribution is 5.44. The predicted octanol–water partition coefficient (Wildman–Crippen LogP) is 6.21. The Morgan fingerprint density at radius 1 is 0.971 bits per heavy atom. The first kappa shape index (κ1) is 24.2. The van der Waals surface area contributed by atoms with E-state index in [1.165, 1.54) is 0 Å². The Morgan fingerprint density at radius 2 is 1.71 bits per heavy atom. The monoisotopic (exact) mass is 501 g/mol. The number of hydrogen-bond donors (Lipinski definition) is 1. The molecule has 0 radical (unpaired) electrons. The van der Waals surface area contributed by atoms with Crippen molar-refractivity contribution >= 4 is 0 Å². The van der Waals surface area contributed by atoms with Gasteiger partial charge in [0.1, 0.15) is 11.5 Å². The van der Waals surface area contributed by atoms with Gasteiger partial charge in [0.2, 0.25) is 0 Å². The quantitative estimate of drug-likeness (QED) is 0.495. The highest BCUT2D eigenvalue weighted by atomic mass is 19.4. The van der Waals surface area contributed by atoms with Gasteiger partial charge < -0.3 is 19.5 Å². The molecule has 1 N–H and O–H groups in total. The van der Waals surface area contributed by atoms with E-state index < -0.39 is 42.0 Å². The highest BCUT2D eigenvalue weighted by Crippen LogP contribution is 2.58. The van der Waals surface area contributed by atoms with Gasteiger partial charge in [-0.05, 0) is 55.9 Å². The molecule has 2 bridgehead atoms. The van der Waals surface area contributed by atoms with Gasteiger partial charge >= 0.3 is 12.5 Å². The van der Waals surface area contributed by atoms with Crippen molar-refractivity contribution in [3.05, 3.63) is 59.7 Å². The van der Waals surface area contributed by atoms with Gasteiger partial charge in [0.25, 0.3) is 0 Å². The molecule has 0 amide bonds. The Bertz CT molecular complexity index is 1060. The van der Waals surface area contributed by atoms with E-state index in [9.17, 15) is 26.3 Å².